The maximum Gasteiger partial charge on any atom is 0.0990 e. The average Bonchev–Trinajstić information content (AvgIpc) is 2.73. The van der Waals surface area contributed by atoms with Gasteiger partial charge in [0, 0.05) is 13.8 Å². The van der Waals surface area contributed by atoms with Gasteiger partial charge in [-0.2, -0.15) is 0 Å². The van der Waals surface area contributed by atoms with Crippen LogP contribution in [0.2, 0.25) is 0 Å². The van der Waals surface area contributed by atoms with Crippen molar-refractivity contribution in [1.29, 1.82) is 0 Å². The van der Waals surface area contributed by atoms with Crippen molar-refractivity contribution in [3.05, 3.63) is 0 Å². The highest BCUT2D eigenvalue weighted by atomic mass is 32.2. The Morgan fingerprint density at radius 2 is 1.17 bits per heavy atom. The van der Waals surface area contributed by atoms with Crippen molar-refractivity contribution in [2.45, 2.75) is 116 Å². The Bertz CT molecular complexity index is 455. The highest BCUT2D eigenvalue weighted by molar-refractivity contribution is 7.86. The van der Waals surface area contributed by atoms with Crippen LogP contribution in [0.1, 0.15) is 111 Å². The fourth-order valence-electron chi connectivity index (χ4n) is 4.70. The minimum atomic E-state index is -4.19. The van der Waals surface area contributed by atoms with Gasteiger partial charge in [0.25, 0.3) is 0 Å². The normalized spacial score (nSPS) is 16.7. The van der Waals surface area contributed by atoms with Crippen LogP contribution in [0.3, 0.4) is 0 Å². The smallest absolute Gasteiger partial charge is 0.0990 e. The van der Waals surface area contributed by atoms with E-state index in [2.05, 4.69) is 27.7 Å². The van der Waals surface area contributed by atoms with Crippen molar-refractivity contribution >= 4 is 17.4 Å². The first-order valence-electron chi connectivity index (χ1n) is 12.8. The fourth-order valence-corrected chi connectivity index (χ4v) is 11.0. The van der Waals surface area contributed by atoms with Crippen LogP contribution < -0.4 is 5.73 Å². The van der Waals surface area contributed by atoms with Crippen molar-refractivity contribution in [3.63, 3.8) is 0 Å². The first kappa shape index (κ1) is 30.3. The van der Waals surface area contributed by atoms with Crippen molar-refractivity contribution in [2.24, 2.45) is 11.7 Å². The Labute approximate surface area is 189 Å². The third-order valence-corrected chi connectivity index (χ3v) is 13.1. The second kappa shape index (κ2) is 17.8. The molecule has 1 unspecified atom stereocenters. The summed E-state index contributed by atoms with van der Waals surface area (Å²) in [4.78, 5) is 0. The summed E-state index contributed by atoms with van der Waals surface area (Å²) in [6, 6.07) is 0. The van der Waals surface area contributed by atoms with Gasteiger partial charge >= 0.3 is 0 Å². The summed E-state index contributed by atoms with van der Waals surface area (Å²) in [5, 5.41) is -0.854. The second-order valence-electron chi connectivity index (χ2n) is 9.32. The number of rotatable bonds is 15. The first-order chi connectivity index (χ1) is 14.3. The van der Waals surface area contributed by atoms with Crippen LogP contribution >= 0.6 is 7.26 Å². The molecule has 6 heteroatoms. The molecule has 0 spiro atoms. The van der Waals surface area contributed by atoms with Gasteiger partial charge in [-0.3, -0.25) is 0 Å². The van der Waals surface area contributed by atoms with Crippen LogP contribution in [0.4, 0.5) is 0 Å². The minimum absolute atomic E-state index is 0.00116. The van der Waals surface area contributed by atoms with Crippen LogP contribution in [0.5, 0.6) is 0 Å². The van der Waals surface area contributed by atoms with E-state index in [-0.39, 0.29) is 12.5 Å². The topological polar surface area (TPSA) is 83.2 Å². The summed E-state index contributed by atoms with van der Waals surface area (Å²) < 4.78 is 32.5. The molecular weight excluding hydrogens is 413 g/mol. The van der Waals surface area contributed by atoms with E-state index in [1.165, 1.54) is 51.4 Å². The third kappa shape index (κ3) is 13.0. The summed E-state index contributed by atoms with van der Waals surface area (Å²) in [6.07, 6.45) is 22.8. The maximum absolute atomic E-state index is 10.8. The van der Waals surface area contributed by atoms with E-state index in [4.69, 9.17) is 5.73 Å². The molecule has 4 nitrogen and oxygen atoms in total. The van der Waals surface area contributed by atoms with Crippen molar-refractivity contribution in [1.82, 2.24) is 0 Å². The molecule has 182 valence electrons. The van der Waals surface area contributed by atoms with Gasteiger partial charge in [-0.1, -0.05) is 72.6 Å². The van der Waals surface area contributed by atoms with E-state index >= 15 is 0 Å². The van der Waals surface area contributed by atoms with Crippen LogP contribution in [0.15, 0.2) is 0 Å². The molecule has 0 radical (unpaired) electrons. The van der Waals surface area contributed by atoms with Gasteiger partial charge in [0.1, 0.15) is 0 Å². The van der Waals surface area contributed by atoms with Gasteiger partial charge in [0.15, 0.2) is 0 Å². The first-order valence-corrected chi connectivity index (χ1v) is 16.8. The van der Waals surface area contributed by atoms with Crippen LogP contribution in [-0.2, 0) is 10.1 Å². The van der Waals surface area contributed by atoms with Crippen molar-refractivity contribution < 1.29 is 13.0 Å². The van der Waals surface area contributed by atoms with Crippen molar-refractivity contribution in [3.8, 4) is 0 Å². The monoisotopic (exact) mass is 465 g/mol. The number of unbranched alkanes of at least 4 members (excludes halogenated alkanes) is 4. The Morgan fingerprint density at radius 1 is 0.800 bits per heavy atom. The van der Waals surface area contributed by atoms with E-state index in [1.54, 1.807) is 24.6 Å². The molecule has 0 aromatic heterocycles. The standard InChI is InChI=1S/C16H36P.C8H17NO3S/c1-5-9-13-17(14-10-6-2,15-11-7-3)16-12-8-4;9-6-8(13(10,11)12)7-4-2-1-3-5-7/h5-16H2,1-4H3;7-8H,1-6,9H2,(H,10,11,12)/q+1;/p-1. The number of hydrogen-bond acceptors (Lipinski definition) is 4. The lowest BCUT2D eigenvalue weighted by atomic mass is 9.87. The number of nitrogens with two attached hydrogens (primary N) is 1. The molecule has 0 saturated heterocycles. The second-order valence-corrected chi connectivity index (χ2v) is 15.4. The van der Waals surface area contributed by atoms with Gasteiger partial charge < -0.3 is 10.3 Å². The molecule has 0 aromatic rings. The highest BCUT2D eigenvalue weighted by Gasteiger charge is 2.34. The third-order valence-electron chi connectivity index (χ3n) is 6.72. The Kier molecular flexibility index (Phi) is 18.0. The Balaban J connectivity index is 0.000000579. The predicted octanol–water partition coefficient (Wildman–Crippen LogP) is 6.64. The molecule has 0 aliphatic heterocycles. The lowest BCUT2D eigenvalue weighted by molar-refractivity contribution is 0.326. The SMILES string of the molecule is CCCC[P+](CCCC)(CCCC)CCCC.NCC(C1CCCCC1)S(=O)(=O)[O-]. The molecule has 1 saturated carbocycles. The van der Waals surface area contributed by atoms with Crippen LogP contribution in [0.25, 0.3) is 0 Å². The zero-order valence-electron chi connectivity index (χ0n) is 20.5. The van der Waals surface area contributed by atoms with Gasteiger partial charge in [-0.25, -0.2) is 8.42 Å². The molecule has 1 aliphatic rings. The summed E-state index contributed by atoms with van der Waals surface area (Å²) >= 11 is 0. The maximum atomic E-state index is 10.8. The Morgan fingerprint density at radius 3 is 1.43 bits per heavy atom. The molecule has 1 rings (SSSR count). The van der Waals surface area contributed by atoms with E-state index in [1.807, 2.05) is 0 Å². The van der Waals surface area contributed by atoms with Crippen LogP contribution in [0, 0.1) is 5.92 Å². The quantitative estimate of drug-likeness (QED) is 0.217. The van der Waals surface area contributed by atoms with E-state index in [9.17, 15) is 13.0 Å². The molecule has 0 aromatic carbocycles. The largest absolute Gasteiger partial charge is 0.748 e. The van der Waals surface area contributed by atoms with Gasteiger partial charge in [-0.05, 0) is 44.4 Å². The van der Waals surface area contributed by atoms with E-state index in [0.29, 0.717) is 0 Å². The zero-order chi connectivity index (χ0) is 22.9. The molecule has 1 fully saturated rings. The van der Waals surface area contributed by atoms with Gasteiger partial charge in [0.05, 0.1) is 40.0 Å². The zero-order valence-corrected chi connectivity index (χ0v) is 22.3. The molecule has 0 heterocycles. The summed E-state index contributed by atoms with van der Waals surface area (Å²) in [6.45, 7) is 9.39. The number of hydrogen-bond donors (Lipinski definition) is 1. The van der Waals surface area contributed by atoms with Crippen LogP contribution in [-0.4, -0.2) is 49.4 Å². The minimum Gasteiger partial charge on any atom is -0.748 e. The summed E-state index contributed by atoms with van der Waals surface area (Å²) in [5.74, 6) is 0.00116. The Hall–Kier alpha value is 0.300. The predicted molar refractivity (Wildman–Crippen MR) is 135 cm³/mol. The lowest BCUT2D eigenvalue weighted by Gasteiger charge is -2.30. The van der Waals surface area contributed by atoms with Gasteiger partial charge in [-0.15, -0.1) is 0 Å². The average molecular weight is 466 g/mol. The lowest BCUT2D eigenvalue weighted by Crippen LogP contribution is -2.37. The molecular formula is C24H52NO3PS. The van der Waals surface area contributed by atoms with E-state index < -0.39 is 22.6 Å². The molecule has 1 aliphatic carbocycles. The summed E-state index contributed by atoms with van der Waals surface area (Å²) in [7, 11) is -4.75. The molecule has 0 amide bonds. The van der Waals surface area contributed by atoms with E-state index in [0.717, 1.165) is 32.1 Å². The fraction of sp³-hybridized carbons (Fsp3) is 1.00. The molecule has 0 bridgehead atoms. The highest BCUT2D eigenvalue weighted by Crippen LogP contribution is 2.61. The molecule has 1 atom stereocenters. The molecule has 2 N–H and O–H groups in total. The van der Waals surface area contributed by atoms with Gasteiger partial charge in [0.2, 0.25) is 0 Å². The molecule has 30 heavy (non-hydrogen) atoms. The van der Waals surface area contributed by atoms with Crippen molar-refractivity contribution in [2.75, 3.05) is 31.2 Å². The summed E-state index contributed by atoms with van der Waals surface area (Å²) in [5.41, 5.74) is 5.31.